The second-order valence-corrected chi connectivity index (χ2v) is 6.86. The molecule has 2 N–H and O–H groups in total. The van der Waals surface area contributed by atoms with Crippen molar-refractivity contribution in [3.05, 3.63) is 18.2 Å². The Hall–Kier alpha value is -1.56. The number of nitrogens with one attached hydrogen (secondary N) is 2. The summed E-state index contributed by atoms with van der Waals surface area (Å²) in [5.41, 5.74) is 0.500. The van der Waals surface area contributed by atoms with Gasteiger partial charge in [-0.2, -0.15) is 0 Å². The fraction of sp³-hybridized carbons (Fsp3) is 0.733. The standard InChI is InChI=1S/C15H26N4O2/c1-14(2,3)21-13(20)18-15(6-5-7-15)10-16-8-12-9-17-11-19(12)4/h9,11,16H,5-8,10H2,1-4H3,(H,18,20). The third-order valence-electron chi connectivity index (χ3n) is 3.76. The maximum Gasteiger partial charge on any atom is 0.408 e. The Labute approximate surface area is 126 Å². The van der Waals surface area contributed by atoms with E-state index in [4.69, 9.17) is 4.74 Å². The Kier molecular flexibility index (Phi) is 4.56. The number of nitrogens with zero attached hydrogens (tertiary/aromatic N) is 2. The summed E-state index contributed by atoms with van der Waals surface area (Å²) >= 11 is 0. The van der Waals surface area contributed by atoms with Crippen LogP contribution in [0.1, 0.15) is 45.7 Å². The topological polar surface area (TPSA) is 68.2 Å². The molecule has 1 amide bonds. The minimum atomic E-state index is -0.461. The average molecular weight is 294 g/mol. The first kappa shape index (κ1) is 15.8. The smallest absolute Gasteiger partial charge is 0.408 e. The molecule has 0 spiro atoms. The monoisotopic (exact) mass is 294 g/mol. The summed E-state index contributed by atoms with van der Waals surface area (Å²) in [4.78, 5) is 16.0. The third kappa shape index (κ3) is 4.46. The van der Waals surface area contributed by atoms with Crippen LogP contribution in [-0.4, -0.2) is 33.3 Å². The lowest BCUT2D eigenvalue weighted by Crippen LogP contribution is -2.59. The number of aromatic nitrogens is 2. The van der Waals surface area contributed by atoms with E-state index in [2.05, 4.69) is 15.6 Å². The predicted molar refractivity (Wildman–Crippen MR) is 80.9 cm³/mol. The second-order valence-electron chi connectivity index (χ2n) is 6.86. The van der Waals surface area contributed by atoms with Gasteiger partial charge in [0.05, 0.1) is 17.6 Å². The van der Waals surface area contributed by atoms with Crippen LogP contribution in [0.4, 0.5) is 4.79 Å². The van der Waals surface area contributed by atoms with E-state index >= 15 is 0 Å². The summed E-state index contributed by atoms with van der Waals surface area (Å²) in [5.74, 6) is 0. The summed E-state index contributed by atoms with van der Waals surface area (Å²) in [5, 5.41) is 6.44. The lowest BCUT2D eigenvalue weighted by Gasteiger charge is -2.42. The van der Waals surface area contributed by atoms with E-state index < -0.39 is 5.60 Å². The van der Waals surface area contributed by atoms with Crippen molar-refractivity contribution < 1.29 is 9.53 Å². The van der Waals surface area contributed by atoms with E-state index in [0.717, 1.165) is 38.0 Å². The Morgan fingerprint density at radius 1 is 1.48 bits per heavy atom. The Morgan fingerprint density at radius 2 is 2.19 bits per heavy atom. The molecule has 1 aliphatic rings. The number of carbonyl (C=O) groups is 1. The van der Waals surface area contributed by atoms with Gasteiger partial charge < -0.3 is 19.9 Å². The molecule has 0 bridgehead atoms. The summed E-state index contributed by atoms with van der Waals surface area (Å²) in [6.07, 6.45) is 6.43. The molecule has 1 saturated carbocycles. The molecule has 1 fully saturated rings. The van der Waals surface area contributed by atoms with E-state index in [1.807, 2.05) is 38.6 Å². The van der Waals surface area contributed by atoms with Gasteiger partial charge in [0.15, 0.2) is 0 Å². The van der Waals surface area contributed by atoms with Gasteiger partial charge in [0.1, 0.15) is 5.60 Å². The van der Waals surface area contributed by atoms with Gasteiger partial charge in [0, 0.05) is 26.3 Å². The first-order chi connectivity index (χ1) is 9.80. The highest BCUT2D eigenvalue weighted by Crippen LogP contribution is 2.31. The maximum absolute atomic E-state index is 11.9. The molecule has 6 nitrogen and oxygen atoms in total. The van der Waals surface area contributed by atoms with Crippen molar-refractivity contribution in [1.82, 2.24) is 20.2 Å². The minimum absolute atomic E-state index is 0.166. The van der Waals surface area contributed by atoms with Crippen LogP contribution in [0.25, 0.3) is 0 Å². The van der Waals surface area contributed by atoms with E-state index in [0.29, 0.717) is 0 Å². The molecule has 0 aliphatic heterocycles. The number of ether oxygens (including phenoxy) is 1. The fourth-order valence-corrected chi connectivity index (χ4v) is 2.45. The lowest BCUT2D eigenvalue weighted by atomic mass is 9.76. The van der Waals surface area contributed by atoms with Gasteiger partial charge in [-0.05, 0) is 40.0 Å². The quantitative estimate of drug-likeness (QED) is 0.871. The summed E-state index contributed by atoms with van der Waals surface area (Å²) in [6, 6.07) is 0. The summed E-state index contributed by atoms with van der Waals surface area (Å²) in [6.45, 7) is 7.12. The van der Waals surface area contributed by atoms with Crippen LogP contribution >= 0.6 is 0 Å². The lowest BCUT2D eigenvalue weighted by molar-refractivity contribution is 0.0382. The van der Waals surface area contributed by atoms with Gasteiger partial charge in [0.25, 0.3) is 0 Å². The Morgan fingerprint density at radius 3 is 2.67 bits per heavy atom. The van der Waals surface area contributed by atoms with Gasteiger partial charge in [0.2, 0.25) is 0 Å². The number of imidazole rings is 1. The van der Waals surface area contributed by atoms with E-state index in [1.165, 1.54) is 0 Å². The van der Waals surface area contributed by atoms with Crippen molar-refractivity contribution >= 4 is 6.09 Å². The molecular weight excluding hydrogens is 268 g/mol. The molecular formula is C15H26N4O2. The number of amides is 1. The number of aryl methyl sites for hydroxylation is 1. The number of rotatable bonds is 5. The number of alkyl carbamates (subject to hydrolysis) is 1. The van der Waals surface area contributed by atoms with Crippen molar-refractivity contribution in [1.29, 1.82) is 0 Å². The van der Waals surface area contributed by atoms with Crippen molar-refractivity contribution in [3.8, 4) is 0 Å². The number of hydrogen-bond donors (Lipinski definition) is 2. The van der Waals surface area contributed by atoms with Gasteiger partial charge in [-0.25, -0.2) is 9.78 Å². The molecule has 2 rings (SSSR count). The SMILES string of the molecule is Cn1cncc1CNCC1(NC(=O)OC(C)(C)C)CCC1. The first-order valence-corrected chi connectivity index (χ1v) is 7.47. The van der Waals surface area contributed by atoms with Crippen LogP contribution in [-0.2, 0) is 18.3 Å². The molecule has 0 saturated heterocycles. The molecule has 0 unspecified atom stereocenters. The molecule has 0 radical (unpaired) electrons. The largest absolute Gasteiger partial charge is 0.444 e. The third-order valence-corrected chi connectivity index (χ3v) is 3.76. The molecule has 118 valence electrons. The van der Waals surface area contributed by atoms with Gasteiger partial charge >= 0.3 is 6.09 Å². The number of hydrogen-bond acceptors (Lipinski definition) is 4. The van der Waals surface area contributed by atoms with Gasteiger partial charge in [-0.15, -0.1) is 0 Å². The average Bonchev–Trinajstić information content (AvgIpc) is 2.69. The highest BCUT2D eigenvalue weighted by atomic mass is 16.6. The van der Waals surface area contributed by atoms with Crippen molar-refractivity contribution in [2.45, 2.75) is 57.7 Å². The molecule has 0 aromatic carbocycles. The zero-order valence-corrected chi connectivity index (χ0v) is 13.4. The van der Waals surface area contributed by atoms with E-state index in [9.17, 15) is 4.79 Å². The normalized spacial score (nSPS) is 17.1. The van der Waals surface area contributed by atoms with E-state index in [1.54, 1.807) is 6.33 Å². The van der Waals surface area contributed by atoms with Crippen LogP contribution in [0, 0.1) is 0 Å². The highest BCUT2D eigenvalue weighted by Gasteiger charge is 2.39. The summed E-state index contributed by atoms with van der Waals surface area (Å²) < 4.78 is 7.34. The summed E-state index contributed by atoms with van der Waals surface area (Å²) in [7, 11) is 1.97. The van der Waals surface area contributed by atoms with Crippen molar-refractivity contribution in [3.63, 3.8) is 0 Å². The second kappa shape index (κ2) is 6.05. The predicted octanol–water partition coefficient (Wildman–Crippen LogP) is 1.96. The zero-order chi connectivity index (χ0) is 15.5. The van der Waals surface area contributed by atoms with Gasteiger partial charge in [-0.3, -0.25) is 0 Å². The molecule has 1 aromatic rings. The molecule has 1 aliphatic carbocycles. The van der Waals surface area contributed by atoms with Crippen molar-refractivity contribution in [2.24, 2.45) is 7.05 Å². The van der Waals surface area contributed by atoms with Crippen LogP contribution in [0.5, 0.6) is 0 Å². The minimum Gasteiger partial charge on any atom is -0.444 e. The van der Waals surface area contributed by atoms with Crippen LogP contribution in [0.3, 0.4) is 0 Å². The van der Waals surface area contributed by atoms with Crippen LogP contribution in [0.15, 0.2) is 12.5 Å². The number of carbonyl (C=O) groups excluding carboxylic acids is 1. The highest BCUT2D eigenvalue weighted by molar-refractivity contribution is 5.69. The zero-order valence-electron chi connectivity index (χ0n) is 13.4. The molecule has 0 atom stereocenters. The Balaban J connectivity index is 1.81. The molecule has 6 heteroatoms. The van der Waals surface area contributed by atoms with Crippen molar-refractivity contribution in [2.75, 3.05) is 6.54 Å². The first-order valence-electron chi connectivity index (χ1n) is 7.47. The van der Waals surface area contributed by atoms with E-state index in [-0.39, 0.29) is 11.6 Å². The molecule has 1 heterocycles. The maximum atomic E-state index is 11.9. The molecule has 21 heavy (non-hydrogen) atoms. The van der Waals surface area contributed by atoms with Crippen LogP contribution in [0.2, 0.25) is 0 Å². The van der Waals surface area contributed by atoms with Crippen LogP contribution < -0.4 is 10.6 Å². The van der Waals surface area contributed by atoms with Gasteiger partial charge in [-0.1, -0.05) is 0 Å². The molecule has 1 aromatic heterocycles. The Bertz CT molecular complexity index is 486. The fourth-order valence-electron chi connectivity index (χ4n) is 2.45.